The van der Waals surface area contributed by atoms with E-state index in [1.54, 1.807) is 24.5 Å². The molecule has 1 fully saturated rings. The van der Waals surface area contributed by atoms with Crippen molar-refractivity contribution < 1.29 is 9.53 Å². The van der Waals surface area contributed by atoms with Crippen LogP contribution in [0.15, 0.2) is 24.5 Å². The lowest BCUT2D eigenvalue weighted by molar-refractivity contribution is 0.0486. The van der Waals surface area contributed by atoms with Gasteiger partial charge in [0, 0.05) is 45.1 Å². The van der Waals surface area contributed by atoms with Gasteiger partial charge in [-0.1, -0.05) is 0 Å². The number of ether oxygens (including phenoxy) is 1. The van der Waals surface area contributed by atoms with Crippen LogP contribution in [0.25, 0.3) is 0 Å². The summed E-state index contributed by atoms with van der Waals surface area (Å²) in [7, 11) is 0. The highest BCUT2D eigenvalue weighted by molar-refractivity contribution is 5.89. The third kappa shape index (κ3) is 4.09. The quantitative estimate of drug-likeness (QED) is 0.609. The van der Waals surface area contributed by atoms with Gasteiger partial charge in [-0.15, -0.1) is 0 Å². The minimum absolute atomic E-state index is 0.266. The predicted molar refractivity (Wildman–Crippen MR) is 68.4 cm³/mol. The number of hydrogen-bond donors (Lipinski definition) is 1. The molecule has 2 rings (SSSR count). The lowest BCUT2D eigenvalue weighted by atomic mass is 10.3. The Morgan fingerprint density at radius 2 is 2.06 bits per heavy atom. The van der Waals surface area contributed by atoms with Crippen molar-refractivity contribution in [3.63, 3.8) is 0 Å². The van der Waals surface area contributed by atoms with Gasteiger partial charge < -0.3 is 15.0 Å². The fourth-order valence-electron chi connectivity index (χ4n) is 1.96. The first-order valence-corrected chi connectivity index (χ1v) is 6.36. The highest BCUT2D eigenvalue weighted by Crippen LogP contribution is 2.01. The molecule has 98 valence electrons. The Hall–Kier alpha value is -1.46. The first-order valence-electron chi connectivity index (χ1n) is 6.36. The number of piperazine rings is 1. The molecular formula is C13H19N3O2. The third-order valence-electron chi connectivity index (χ3n) is 2.98. The summed E-state index contributed by atoms with van der Waals surface area (Å²) < 4.78 is 5.21. The molecule has 0 saturated carbocycles. The van der Waals surface area contributed by atoms with Crippen LogP contribution >= 0.6 is 0 Å². The number of nitrogens with one attached hydrogen (secondary N) is 1. The van der Waals surface area contributed by atoms with Crippen LogP contribution in [0.2, 0.25) is 0 Å². The molecule has 0 aromatic carbocycles. The standard InChI is InChI=1S/C13H19N3O2/c17-13(12-2-4-14-5-3-12)18-11-1-8-16-9-6-15-7-10-16/h2-5,15H,1,6-11H2. The predicted octanol–water partition coefficient (Wildman–Crippen LogP) is 0.534. The smallest absolute Gasteiger partial charge is 0.338 e. The maximum Gasteiger partial charge on any atom is 0.338 e. The summed E-state index contributed by atoms with van der Waals surface area (Å²) in [6.07, 6.45) is 4.07. The number of carbonyl (C=O) groups is 1. The van der Waals surface area contributed by atoms with E-state index in [9.17, 15) is 4.79 Å². The molecular weight excluding hydrogens is 230 g/mol. The van der Waals surface area contributed by atoms with Crippen LogP contribution in [-0.2, 0) is 4.74 Å². The molecule has 0 radical (unpaired) electrons. The molecule has 18 heavy (non-hydrogen) atoms. The van der Waals surface area contributed by atoms with Crippen molar-refractivity contribution in [3.8, 4) is 0 Å². The fourth-order valence-corrected chi connectivity index (χ4v) is 1.96. The molecule has 2 heterocycles. The maximum atomic E-state index is 11.6. The minimum atomic E-state index is -0.266. The van der Waals surface area contributed by atoms with Gasteiger partial charge in [-0.3, -0.25) is 4.98 Å². The summed E-state index contributed by atoms with van der Waals surface area (Å²) in [4.78, 5) is 17.9. The van der Waals surface area contributed by atoms with Gasteiger partial charge in [0.1, 0.15) is 0 Å². The second-order valence-corrected chi connectivity index (χ2v) is 4.32. The van der Waals surface area contributed by atoms with E-state index < -0.39 is 0 Å². The number of pyridine rings is 1. The molecule has 1 aliphatic rings. The Morgan fingerprint density at radius 3 is 2.78 bits per heavy atom. The number of carbonyl (C=O) groups excluding carboxylic acids is 1. The summed E-state index contributed by atoms with van der Waals surface area (Å²) >= 11 is 0. The molecule has 1 N–H and O–H groups in total. The van der Waals surface area contributed by atoms with Gasteiger partial charge in [0.05, 0.1) is 12.2 Å². The monoisotopic (exact) mass is 249 g/mol. The van der Waals surface area contributed by atoms with E-state index in [-0.39, 0.29) is 5.97 Å². The van der Waals surface area contributed by atoms with Crippen molar-refractivity contribution in [2.24, 2.45) is 0 Å². The van der Waals surface area contributed by atoms with Crippen LogP contribution in [0, 0.1) is 0 Å². The van der Waals surface area contributed by atoms with Gasteiger partial charge in [0.25, 0.3) is 0 Å². The Labute approximate surface area is 107 Å². The molecule has 1 aromatic rings. The summed E-state index contributed by atoms with van der Waals surface area (Å²) in [5.41, 5.74) is 0.562. The molecule has 1 aliphatic heterocycles. The van der Waals surface area contributed by atoms with Crippen LogP contribution in [0.5, 0.6) is 0 Å². The highest BCUT2D eigenvalue weighted by atomic mass is 16.5. The molecule has 5 nitrogen and oxygen atoms in total. The van der Waals surface area contributed by atoms with Gasteiger partial charge in [-0.2, -0.15) is 0 Å². The van der Waals surface area contributed by atoms with Crippen molar-refractivity contribution in [2.45, 2.75) is 6.42 Å². The van der Waals surface area contributed by atoms with E-state index in [2.05, 4.69) is 15.2 Å². The van der Waals surface area contributed by atoms with Crippen molar-refractivity contribution in [3.05, 3.63) is 30.1 Å². The first kappa shape index (κ1) is 13.0. The zero-order chi connectivity index (χ0) is 12.6. The topological polar surface area (TPSA) is 54.5 Å². The molecule has 1 saturated heterocycles. The number of nitrogens with zero attached hydrogens (tertiary/aromatic N) is 2. The van der Waals surface area contributed by atoms with Crippen LogP contribution in [-0.4, -0.2) is 55.2 Å². The van der Waals surface area contributed by atoms with Gasteiger partial charge in [0.15, 0.2) is 0 Å². The largest absolute Gasteiger partial charge is 0.462 e. The van der Waals surface area contributed by atoms with Crippen LogP contribution in [0.1, 0.15) is 16.8 Å². The van der Waals surface area contributed by atoms with E-state index in [0.717, 1.165) is 39.1 Å². The molecule has 1 aromatic heterocycles. The van der Waals surface area contributed by atoms with E-state index in [1.165, 1.54) is 0 Å². The molecule has 0 amide bonds. The Bertz CT molecular complexity index is 364. The molecule has 0 atom stereocenters. The third-order valence-corrected chi connectivity index (χ3v) is 2.98. The molecule has 0 bridgehead atoms. The SMILES string of the molecule is O=C(OCCCN1CCNCC1)c1ccncc1. The molecule has 0 aliphatic carbocycles. The summed E-state index contributed by atoms with van der Waals surface area (Å²) in [5, 5.41) is 3.31. The number of esters is 1. The van der Waals surface area contributed by atoms with E-state index in [0.29, 0.717) is 12.2 Å². The summed E-state index contributed by atoms with van der Waals surface area (Å²) in [6, 6.07) is 3.33. The molecule has 0 spiro atoms. The number of rotatable bonds is 5. The average Bonchev–Trinajstić information content (AvgIpc) is 2.45. The Morgan fingerprint density at radius 1 is 1.33 bits per heavy atom. The van der Waals surface area contributed by atoms with Gasteiger partial charge >= 0.3 is 5.97 Å². The Kier molecular flexibility index (Phi) is 5.11. The van der Waals surface area contributed by atoms with E-state index >= 15 is 0 Å². The Balaban J connectivity index is 1.62. The fraction of sp³-hybridized carbons (Fsp3) is 0.538. The maximum absolute atomic E-state index is 11.6. The van der Waals surface area contributed by atoms with Gasteiger partial charge in [0.2, 0.25) is 0 Å². The molecule has 5 heteroatoms. The van der Waals surface area contributed by atoms with E-state index in [4.69, 9.17) is 4.74 Å². The minimum Gasteiger partial charge on any atom is -0.462 e. The highest BCUT2D eigenvalue weighted by Gasteiger charge is 2.09. The van der Waals surface area contributed by atoms with Crippen LogP contribution in [0.3, 0.4) is 0 Å². The van der Waals surface area contributed by atoms with Crippen LogP contribution < -0.4 is 5.32 Å². The van der Waals surface area contributed by atoms with Crippen molar-refractivity contribution in [2.75, 3.05) is 39.3 Å². The second kappa shape index (κ2) is 7.08. The zero-order valence-electron chi connectivity index (χ0n) is 10.5. The number of aromatic nitrogens is 1. The van der Waals surface area contributed by atoms with Gasteiger partial charge in [-0.25, -0.2) is 4.79 Å². The normalized spacial score (nSPS) is 16.4. The van der Waals surface area contributed by atoms with Crippen molar-refractivity contribution >= 4 is 5.97 Å². The zero-order valence-corrected chi connectivity index (χ0v) is 10.5. The van der Waals surface area contributed by atoms with E-state index in [1.807, 2.05) is 0 Å². The summed E-state index contributed by atoms with van der Waals surface area (Å²) in [6.45, 7) is 5.74. The number of hydrogen-bond acceptors (Lipinski definition) is 5. The lowest BCUT2D eigenvalue weighted by Crippen LogP contribution is -2.43. The average molecular weight is 249 g/mol. The van der Waals surface area contributed by atoms with Gasteiger partial charge in [-0.05, 0) is 18.6 Å². The second-order valence-electron chi connectivity index (χ2n) is 4.32. The van der Waals surface area contributed by atoms with Crippen molar-refractivity contribution in [1.29, 1.82) is 0 Å². The lowest BCUT2D eigenvalue weighted by Gasteiger charge is -2.26. The summed E-state index contributed by atoms with van der Waals surface area (Å²) in [5.74, 6) is -0.266. The molecule has 0 unspecified atom stereocenters. The first-order chi connectivity index (χ1) is 8.86. The van der Waals surface area contributed by atoms with Crippen LogP contribution in [0.4, 0.5) is 0 Å². The van der Waals surface area contributed by atoms with Crippen molar-refractivity contribution in [1.82, 2.24) is 15.2 Å².